The molecule has 0 spiro atoms. The predicted molar refractivity (Wildman–Crippen MR) is 83.0 cm³/mol. The molecule has 0 saturated heterocycles. The van der Waals surface area contributed by atoms with Crippen molar-refractivity contribution in [3.8, 4) is 5.75 Å². The maximum atomic E-state index is 8.83. The van der Waals surface area contributed by atoms with Gasteiger partial charge in [-0.2, -0.15) is 0 Å². The molecule has 2 N–H and O–H groups in total. The molecule has 0 bridgehead atoms. The van der Waals surface area contributed by atoms with Gasteiger partial charge in [0.1, 0.15) is 12.4 Å². The van der Waals surface area contributed by atoms with Crippen LogP contribution in [0.15, 0.2) is 49.1 Å². The third-order valence-corrected chi connectivity index (χ3v) is 3.17. The third kappa shape index (κ3) is 4.74. The van der Waals surface area contributed by atoms with E-state index < -0.39 is 0 Å². The number of rotatable bonds is 8. The summed E-state index contributed by atoms with van der Waals surface area (Å²) in [6.45, 7) is 5.92. The van der Waals surface area contributed by atoms with Gasteiger partial charge in [-0.3, -0.25) is 0 Å². The molecule has 0 atom stereocenters. The number of aliphatic hydroxyl groups is 1. The molecule has 0 unspecified atom stereocenters. The van der Waals surface area contributed by atoms with Gasteiger partial charge in [0.15, 0.2) is 0 Å². The summed E-state index contributed by atoms with van der Waals surface area (Å²) in [6.07, 6.45) is 2.51. The van der Waals surface area contributed by atoms with E-state index >= 15 is 0 Å². The quantitative estimate of drug-likeness (QED) is 0.528. The van der Waals surface area contributed by atoms with Crippen LogP contribution in [0.5, 0.6) is 5.75 Å². The molecule has 0 saturated carbocycles. The topological polar surface area (TPSA) is 41.5 Å². The van der Waals surface area contributed by atoms with Crippen molar-refractivity contribution in [1.82, 2.24) is 5.32 Å². The molecule has 2 rings (SSSR count). The summed E-state index contributed by atoms with van der Waals surface area (Å²) in [5.74, 6) is 0.889. The van der Waals surface area contributed by atoms with Crippen molar-refractivity contribution in [3.05, 3.63) is 54.6 Å². The van der Waals surface area contributed by atoms with E-state index in [-0.39, 0.29) is 19.0 Å². The minimum absolute atomic E-state index is 0. The molecule has 0 aliphatic rings. The van der Waals surface area contributed by atoms with Crippen LogP contribution in [-0.4, -0.2) is 24.9 Å². The van der Waals surface area contributed by atoms with Gasteiger partial charge < -0.3 is 27.6 Å². The van der Waals surface area contributed by atoms with Gasteiger partial charge in [-0.25, -0.2) is 0 Å². The molecule has 2 aromatic carbocycles. The van der Waals surface area contributed by atoms with Gasteiger partial charge in [0.05, 0.1) is 0 Å². The highest BCUT2D eigenvalue weighted by Crippen LogP contribution is 2.28. The van der Waals surface area contributed by atoms with Gasteiger partial charge in [-0.05, 0) is 29.8 Å². The highest BCUT2D eigenvalue weighted by atomic mass is 35.5. The lowest BCUT2D eigenvalue weighted by atomic mass is 10.0. The SMILES string of the molecule is C=CCOc1ccc2ccccc2c1CNCCCO.[Cl-]. The summed E-state index contributed by atoms with van der Waals surface area (Å²) in [7, 11) is 0. The van der Waals surface area contributed by atoms with Gasteiger partial charge in [-0.15, -0.1) is 0 Å². The fourth-order valence-electron chi connectivity index (χ4n) is 2.20. The molecule has 21 heavy (non-hydrogen) atoms. The molecule has 0 aromatic heterocycles. The number of nitrogens with one attached hydrogen (secondary N) is 1. The van der Waals surface area contributed by atoms with E-state index in [0.717, 1.165) is 30.8 Å². The Balaban J connectivity index is 0.00000220. The van der Waals surface area contributed by atoms with Gasteiger partial charge in [0.2, 0.25) is 0 Å². The molecule has 0 amide bonds. The molecule has 2 aromatic rings. The number of ether oxygens (including phenoxy) is 1. The number of fused-ring (bicyclic) bond motifs is 1. The number of benzene rings is 2. The van der Waals surface area contributed by atoms with E-state index in [1.165, 1.54) is 10.8 Å². The zero-order valence-electron chi connectivity index (χ0n) is 12.0. The van der Waals surface area contributed by atoms with E-state index in [9.17, 15) is 0 Å². The first-order chi connectivity index (χ1) is 9.86. The van der Waals surface area contributed by atoms with Crippen LogP contribution in [0, 0.1) is 0 Å². The molecule has 3 nitrogen and oxygen atoms in total. The molecule has 0 aliphatic heterocycles. The van der Waals surface area contributed by atoms with Crippen molar-refractivity contribution < 1.29 is 22.3 Å². The average molecular weight is 307 g/mol. The van der Waals surface area contributed by atoms with Crippen LogP contribution in [0.3, 0.4) is 0 Å². The lowest BCUT2D eigenvalue weighted by Gasteiger charge is -2.14. The summed E-state index contributed by atoms with van der Waals surface area (Å²) in [6, 6.07) is 12.4. The first-order valence-electron chi connectivity index (χ1n) is 6.92. The van der Waals surface area contributed by atoms with Gasteiger partial charge >= 0.3 is 0 Å². The Morgan fingerprint density at radius 3 is 2.76 bits per heavy atom. The average Bonchev–Trinajstić information content (AvgIpc) is 2.50. The second-order valence-corrected chi connectivity index (χ2v) is 4.62. The highest BCUT2D eigenvalue weighted by molar-refractivity contribution is 5.87. The third-order valence-electron chi connectivity index (χ3n) is 3.17. The zero-order valence-corrected chi connectivity index (χ0v) is 12.8. The molecule has 0 radical (unpaired) electrons. The molecule has 0 aliphatic carbocycles. The van der Waals surface area contributed by atoms with E-state index in [0.29, 0.717) is 6.61 Å². The molecular formula is C17H21ClNO2-. The number of aliphatic hydroxyl groups excluding tert-OH is 1. The lowest BCUT2D eigenvalue weighted by Crippen LogP contribution is -3.00. The number of hydrogen-bond acceptors (Lipinski definition) is 3. The smallest absolute Gasteiger partial charge is 0.124 e. The van der Waals surface area contributed by atoms with Crippen LogP contribution in [0.1, 0.15) is 12.0 Å². The summed E-state index contributed by atoms with van der Waals surface area (Å²) in [5.41, 5.74) is 1.16. The highest BCUT2D eigenvalue weighted by Gasteiger charge is 2.08. The molecule has 4 heteroatoms. The van der Waals surface area contributed by atoms with Crippen LogP contribution in [0.25, 0.3) is 10.8 Å². The second kappa shape index (κ2) is 9.40. The monoisotopic (exact) mass is 306 g/mol. The first kappa shape index (κ1) is 17.5. The molecular weight excluding hydrogens is 286 g/mol. The van der Waals surface area contributed by atoms with E-state index in [1.807, 2.05) is 18.2 Å². The number of halogens is 1. The largest absolute Gasteiger partial charge is 1.00 e. The van der Waals surface area contributed by atoms with E-state index in [4.69, 9.17) is 9.84 Å². The van der Waals surface area contributed by atoms with Crippen molar-refractivity contribution >= 4 is 10.8 Å². The van der Waals surface area contributed by atoms with Crippen LogP contribution >= 0.6 is 0 Å². The maximum absolute atomic E-state index is 8.83. The van der Waals surface area contributed by atoms with Crippen molar-refractivity contribution in [1.29, 1.82) is 0 Å². The van der Waals surface area contributed by atoms with Gasteiger partial charge in [0.25, 0.3) is 0 Å². The summed E-state index contributed by atoms with van der Waals surface area (Å²) < 4.78 is 5.74. The Morgan fingerprint density at radius 1 is 1.19 bits per heavy atom. The Bertz CT molecular complexity index is 572. The van der Waals surface area contributed by atoms with Crippen molar-refractivity contribution in [2.75, 3.05) is 19.8 Å². The summed E-state index contributed by atoms with van der Waals surface area (Å²) >= 11 is 0. The first-order valence-corrected chi connectivity index (χ1v) is 6.92. The van der Waals surface area contributed by atoms with Crippen LogP contribution in [0.4, 0.5) is 0 Å². The van der Waals surface area contributed by atoms with Crippen molar-refractivity contribution in [3.63, 3.8) is 0 Å². The normalized spacial score (nSPS) is 10.1. The molecule has 0 fully saturated rings. The molecule has 114 valence electrons. The maximum Gasteiger partial charge on any atom is 0.124 e. The fourth-order valence-corrected chi connectivity index (χ4v) is 2.20. The standard InChI is InChI=1S/C17H21NO2.ClH/c1-2-12-20-17-9-8-14-6-3-4-7-15(14)16(17)13-18-10-5-11-19;/h2-4,6-9,18-19H,1,5,10-13H2;1H/p-1. The van der Waals surface area contributed by atoms with Gasteiger partial charge in [-0.1, -0.05) is 43.0 Å². The van der Waals surface area contributed by atoms with Crippen molar-refractivity contribution in [2.24, 2.45) is 0 Å². The van der Waals surface area contributed by atoms with Crippen LogP contribution in [-0.2, 0) is 6.54 Å². The Hall–Kier alpha value is -1.55. The van der Waals surface area contributed by atoms with Crippen LogP contribution in [0.2, 0.25) is 0 Å². The lowest BCUT2D eigenvalue weighted by molar-refractivity contribution is -0.00000557. The minimum atomic E-state index is 0. The number of hydrogen-bond donors (Lipinski definition) is 2. The fraction of sp³-hybridized carbons (Fsp3) is 0.294. The molecule has 0 heterocycles. The van der Waals surface area contributed by atoms with E-state index in [2.05, 4.69) is 30.1 Å². The summed E-state index contributed by atoms with van der Waals surface area (Å²) in [4.78, 5) is 0. The Labute approximate surface area is 132 Å². The van der Waals surface area contributed by atoms with Crippen molar-refractivity contribution in [2.45, 2.75) is 13.0 Å². The minimum Gasteiger partial charge on any atom is -1.00 e. The van der Waals surface area contributed by atoms with E-state index in [1.54, 1.807) is 6.08 Å². The predicted octanol–water partition coefficient (Wildman–Crippen LogP) is -0.119. The summed E-state index contributed by atoms with van der Waals surface area (Å²) in [5, 5.41) is 14.6. The zero-order chi connectivity index (χ0) is 14.2. The van der Waals surface area contributed by atoms with Crippen LogP contribution < -0.4 is 22.5 Å². The second-order valence-electron chi connectivity index (χ2n) is 4.62. The van der Waals surface area contributed by atoms with Gasteiger partial charge in [0, 0.05) is 18.7 Å². The Kier molecular flexibility index (Phi) is 7.83. The Morgan fingerprint density at radius 2 is 2.00 bits per heavy atom.